The van der Waals surface area contributed by atoms with E-state index in [9.17, 15) is 13.2 Å². The first kappa shape index (κ1) is 16.9. The SMILES string of the molecule is CC(C)NS(=O)(=O)N1CCN(C(=O)c2ccc3[nH]ccc3c2)CC1. The Labute approximate surface area is 141 Å². The Bertz CT molecular complexity index is 836. The number of aromatic nitrogens is 1. The van der Waals surface area contributed by atoms with Gasteiger partial charge in [0.1, 0.15) is 0 Å². The highest BCUT2D eigenvalue weighted by atomic mass is 32.2. The highest BCUT2D eigenvalue weighted by Crippen LogP contribution is 2.17. The monoisotopic (exact) mass is 350 g/mol. The van der Waals surface area contributed by atoms with Gasteiger partial charge in [0.2, 0.25) is 0 Å². The number of carbonyl (C=O) groups is 1. The Kier molecular flexibility index (Phi) is 4.62. The Morgan fingerprint density at radius 1 is 1.17 bits per heavy atom. The molecule has 1 amide bonds. The lowest BCUT2D eigenvalue weighted by Crippen LogP contribution is -2.54. The molecule has 1 aromatic heterocycles. The van der Waals surface area contributed by atoms with Gasteiger partial charge in [-0.3, -0.25) is 4.79 Å². The molecule has 0 saturated carbocycles. The molecule has 0 bridgehead atoms. The van der Waals surface area contributed by atoms with Gasteiger partial charge in [0.05, 0.1) is 0 Å². The number of hydrogen-bond acceptors (Lipinski definition) is 3. The van der Waals surface area contributed by atoms with E-state index in [4.69, 9.17) is 0 Å². The lowest BCUT2D eigenvalue weighted by Gasteiger charge is -2.34. The molecule has 1 aliphatic rings. The molecule has 1 aromatic carbocycles. The fourth-order valence-electron chi connectivity index (χ4n) is 2.87. The van der Waals surface area contributed by atoms with Gasteiger partial charge in [0, 0.05) is 54.9 Å². The number of amides is 1. The number of H-pyrrole nitrogens is 1. The van der Waals surface area contributed by atoms with Gasteiger partial charge in [-0.2, -0.15) is 17.4 Å². The standard InChI is InChI=1S/C16H22N4O3S/c1-12(2)18-24(22,23)20-9-7-19(8-10-20)16(21)14-3-4-15-13(11-14)5-6-17-15/h3-6,11-12,17-18H,7-10H2,1-2H3. The van der Waals surface area contributed by atoms with Gasteiger partial charge in [-0.25, -0.2) is 0 Å². The number of nitrogens with one attached hydrogen (secondary N) is 2. The zero-order valence-corrected chi connectivity index (χ0v) is 14.6. The molecule has 0 atom stereocenters. The maximum absolute atomic E-state index is 12.6. The molecule has 7 nitrogen and oxygen atoms in total. The highest BCUT2D eigenvalue weighted by Gasteiger charge is 2.29. The highest BCUT2D eigenvalue weighted by molar-refractivity contribution is 7.87. The summed E-state index contributed by atoms with van der Waals surface area (Å²) in [5.41, 5.74) is 1.61. The molecular weight excluding hydrogens is 328 g/mol. The molecular formula is C16H22N4O3S. The summed E-state index contributed by atoms with van der Waals surface area (Å²) in [6.07, 6.45) is 1.84. The number of fused-ring (bicyclic) bond motifs is 1. The van der Waals surface area contributed by atoms with E-state index in [-0.39, 0.29) is 11.9 Å². The van der Waals surface area contributed by atoms with Crippen LogP contribution in [0.25, 0.3) is 10.9 Å². The third kappa shape index (κ3) is 3.45. The smallest absolute Gasteiger partial charge is 0.279 e. The largest absolute Gasteiger partial charge is 0.361 e. The number of carbonyl (C=O) groups excluding carboxylic acids is 1. The van der Waals surface area contributed by atoms with Crippen LogP contribution >= 0.6 is 0 Å². The quantitative estimate of drug-likeness (QED) is 0.868. The fourth-order valence-corrected chi connectivity index (χ4v) is 4.26. The predicted molar refractivity (Wildman–Crippen MR) is 93.0 cm³/mol. The molecule has 1 fully saturated rings. The molecule has 2 heterocycles. The number of hydrogen-bond donors (Lipinski definition) is 2. The van der Waals surface area contributed by atoms with Crippen LogP contribution in [0.4, 0.5) is 0 Å². The van der Waals surface area contributed by atoms with Crippen molar-refractivity contribution in [2.75, 3.05) is 26.2 Å². The van der Waals surface area contributed by atoms with E-state index in [1.165, 1.54) is 4.31 Å². The molecule has 3 rings (SSSR count). The van der Waals surface area contributed by atoms with E-state index in [0.717, 1.165) is 10.9 Å². The number of aromatic amines is 1. The topological polar surface area (TPSA) is 85.5 Å². The first-order valence-electron chi connectivity index (χ1n) is 8.00. The van der Waals surface area contributed by atoms with E-state index < -0.39 is 10.2 Å². The van der Waals surface area contributed by atoms with E-state index >= 15 is 0 Å². The third-order valence-corrected chi connectivity index (χ3v) is 5.86. The summed E-state index contributed by atoms with van der Waals surface area (Å²) in [4.78, 5) is 17.4. The number of benzene rings is 1. The molecule has 24 heavy (non-hydrogen) atoms. The predicted octanol–water partition coefficient (Wildman–Crippen LogP) is 1.17. The van der Waals surface area contributed by atoms with E-state index in [1.807, 2.05) is 24.4 Å². The van der Waals surface area contributed by atoms with Crippen LogP contribution in [0.3, 0.4) is 0 Å². The number of nitrogens with zero attached hydrogens (tertiary/aromatic N) is 2. The van der Waals surface area contributed by atoms with Crippen molar-refractivity contribution in [3.05, 3.63) is 36.0 Å². The van der Waals surface area contributed by atoms with Crippen LogP contribution in [0.15, 0.2) is 30.5 Å². The first-order chi connectivity index (χ1) is 11.4. The summed E-state index contributed by atoms with van der Waals surface area (Å²) < 4.78 is 28.3. The van der Waals surface area contributed by atoms with Crippen LogP contribution in [0.1, 0.15) is 24.2 Å². The summed E-state index contributed by atoms with van der Waals surface area (Å²) >= 11 is 0. The second kappa shape index (κ2) is 6.54. The second-order valence-corrected chi connectivity index (χ2v) is 7.95. The Morgan fingerprint density at radius 2 is 1.88 bits per heavy atom. The van der Waals surface area contributed by atoms with E-state index in [1.54, 1.807) is 24.8 Å². The van der Waals surface area contributed by atoms with Gasteiger partial charge in [0.25, 0.3) is 16.1 Å². The fraction of sp³-hybridized carbons (Fsp3) is 0.438. The van der Waals surface area contributed by atoms with Crippen LogP contribution in [-0.4, -0.2) is 60.7 Å². The van der Waals surface area contributed by atoms with Crippen LogP contribution < -0.4 is 4.72 Å². The van der Waals surface area contributed by atoms with Crippen LogP contribution in [0.2, 0.25) is 0 Å². The van der Waals surface area contributed by atoms with Crippen molar-refractivity contribution in [1.82, 2.24) is 18.9 Å². The zero-order valence-electron chi connectivity index (χ0n) is 13.8. The minimum atomic E-state index is -3.48. The van der Waals surface area contributed by atoms with Crippen molar-refractivity contribution in [1.29, 1.82) is 0 Å². The zero-order chi connectivity index (χ0) is 17.3. The third-order valence-electron chi connectivity index (χ3n) is 4.05. The number of piperazine rings is 1. The summed E-state index contributed by atoms with van der Waals surface area (Å²) in [6, 6.07) is 7.31. The van der Waals surface area contributed by atoms with Crippen molar-refractivity contribution in [3.63, 3.8) is 0 Å². The van der Waals surface area contributed by atoms with Crippen LogP contribution in [-0.2, 0) is 10.2 Å². The van der Waals surface area contributed by atoms with Gasteiger partial charge in [-0.15, -0.1) is 0 Å². The summed E-state index contributed by atoms with van der Waals surface area (Å²) in [5.74, 6) is -0.0630. The first-order valence-corrected chi connectivity index (χ1v) is 9.44. The van der Waals surface area contributed by atoms with Crippen LogP contribution in [0.5, 0.6) is 0 Å². The van der Waals surface area contributed by atoms with Gasteiger partial charge in [0.15, 0.2) is 0 Å². The minimum Gasteiger partial charge on any atom is -0.361 e. The second-order valence-electron chi connectivity index (χ2n) is 6.25. The normalized spacial score (nSPS) is 16.9. The Morgan fingerprint density at radius 3 is 2.54 bits per heavy atom. The van der Waals surface area contributed by atoms with E-state index in [2.05, 4.69) is 9.71 Å². The molecule has 0 aliphatic carbocycles. The Balaban J connectivity index is 1.66. The Hall–Kier alpha value is -1.90. The van der Waals surface area contributed by atoms with Gasteiger partial charge in [-0.1, -0.05) is 0 Å². The maximum atomic E-state index is 12.6. The summed E-state index contributed by atoms with van der Waals surface area (Å²) in [6.45, 7) is 4.97. The van der Waals surface area contributed by atoms with Crippen molar-refractivity contribution in [2.45, 2.75) is 19.9 Å². The van der Waals surface area contributed by atoms with Crippen molar-refractivity contribution in [3.8, 4) is 0 Å². The van der Waals surface area contributed by atoms with Crippen molar-refractivity contribution >= 4 is 27.0 Å². The van der Waals surface area contributed by atoms with Gasteiger partial charge in [-0.05, 0) is 38.1 Å². The molecule has 2 N–H and O–H groups in total. The average Bonchev–Trinajstić information content (AvgIpc) is 3.00. The summed E-state index contributed by atoms with van der Waals surface area (Å²) in [5, 5.41) is 0.989. The molecule has 130 valence electrons. The molecule has 0 unspecified atom stereocenters. The molecule has 1 saturated heterocycles. The van der Waals surface area contributed by atoms with Crippen LogP contribution in [0, 0.1) is 0 Å². The molecule has 1 aliphatic heterocycles. The van der Waals surface area contributed by atoms with Gasteiger partial charge < -0.3 is 9.88 Å². The minimum absolute atomic E-state index is 0.0630. The average molecular weight is 350 g/mol. The maximum Gasteiger partial charge on any atom is 0.279 e. The van der Waals surface area contributed by atoms with Crippen molar-refractivity contribution in [2.24, 2.45) is 0 Å². The number of rotatable bonds is 4. The van der Waals surface area contributed by atoms with Gasteiger partial charge >= 0.3 is 0 Å². The molecule has 0 spiro atoms. The molecule has 2 aromatic rings. The summed E-state index contributed by atoms with van der Waals surface area (Å²) in [7, 11) is -3.48. The lowest BCUT2D eigenvalue weighted by atomic mass is 10.1. The molecule has 0 radical (unpaired) electrons. The van der Waals surface area contributed by atoms with Crippen molar-refractivity contribution < 1.29 is 13.2 Å². The lowest BCUT2D eigenvalue weighted by molar-refractivity contribution is 0.0697. The van der Waals surface area contributed by atoms with E-state index in [0.29, 0.717) is 31.7 Å². The molecule has 8 heteroatoms.